The van der Waals surface area contributed by atoms with E-state index in [2.05, 4.69) is 5.32 Å². The first-order chi connectivity index (χ1) is 20.8. The van der Waals surface area contributed by atoms with Gasteiger partial charge in [-0.25, -0.2) is 8.42 Å². The number of aryl methyl sites for hydroxylation is 1. The highest BCUT2D eigenvalue weighted by molar-refractivity contribution is 7.92. The Morgan fingerprint density at radius 2 is 1.61 bits per heavy atom. The summed E-state index contributed by atoms with van der Waals surface area (Å²) in [6, 6.07) is 16.3. The quantitative estimate of drug-likeness (QED) is 0.264. The van der Waals surface area contributed by atoms with Gasteiger partial charge in [-0.2, -0.15) is 13.2 Å². The van der Waals surface area contributed by atoms with Gasteiger partial charge < -0.3 is 10.2 Å². The van der Waals surface area contributed by atoms with Crippen molar-refractivity contribution in [1.29, 1.82) is 0 Å². The van der Waals surface area contributed by atoms with E-state index in [9.17, 15) is 31.2 Å². The molecule has 0 radical (unpaired) electrons. The first-order valence-electron chi connectivity index (χ1n) is 14.4. The zero-order chi connectivity index (χ0) is 32.1. The zero-order valence-corrected chi connectivity index (χ0v) is 26.1. The van der Waals surface area contributed by atoms with E-state index in [1.165, 1.54) is 17.0 Å². The van der Waals surface area contributed by atoms with E-state index in [4.69, 9.17) is 11.6 Å². The van der Waals surface area contributed by atoms with E-state index in [1.807, 2.05) is 0 Å². The standard InChI is InChI=1S/C32H35ClF3N3O4S/c1-22-13-16-27(17-14-22)44(42,43)39(26-15-18-29(33)28(19-26)32(34,35)36)21-30(40)38(20-24-9-5-3-6-10-24)23(2)31(41)37-25-11-7-4-8-12-25/h3,5-6,9-10,13-19,23,25H,4,7-8,11-12,20-21H2,1-2H3,(H,37,41)/t23-/m1/s1. The number of halogens is 4. The topological polar surface area (TPSA) is 86.8 Å². The molecule has 44 heavy (non-hydrogen) atoms. The summed E-state index contributed by atoms with van der Waals surface area (Å²) in [6.45, 7) is 2.43. The number of amides is 2. The maximum Gasteiger partial charge on any atom is 0.417 e. The number of carbonyl (C=O) groups excluding carboxylic acids is 2. The molecule has 0 bridgehead atoms. The normalized spacial score (nSPS) is 15.0. The van der Waals surface area contributed by atoms with Crippen molar-refractivity contribution in [2.75, 3.05) is 10.8 Å². The average molecular weight is 650 g/mol. The number of nitrogens with one attached hydrogen (secondary N) is 1. The molecule has 1 N–H and O–H groups in total. The van der Waals surface area contributed by atoms with Gasteiger partial charge in [-0.15, -0.1) is 0 Å². The summed E-state index contributed by atoms with van der Waals surface area (Å²) in [7, 11) is -4.54. The molecule has 0 heterocycles. The predicted octanol–water partition coefficient (Wildman–Crippen LogP) is 6.73. The van der Waals surface area contributed by atoms with Crippen LogP contribution in [0.3, 0.4) is 0 Å². The lowest BCUT2D eigenvalue weighted by atomic mass is 9.95. The number of anilines is 1. The SMILES string of the molecule is Cc1ccc(S(=O)(=O)N(CC(=O)N(Cc2ccccc2)[C@H](C)C(=O)NC2CCCCC2)c2ccc(Cl)c(C(F)(F)F)c2)cc1. The Labute approximate surface area is 261 Å². The molecule has 1 fully saturated rings. The molecule has 1 aliphatic carbocycles. The zero-order valence-electron chi connectivity index (χ0n) is 24.5. The van der Waals surface area contributed by atoms with Crippen molar-refractivity contribution in [3.8, 4) is 0 Å². The van der Waals surface area contributed by atoms with Crippen LogP contribution in [0.2, 0.25) is 5.02 Å². The maximum absolute atomic E-state index is 14.0. The van der Waals surface area contributed by atoms with Gasteiger partial charge in [-0.3, -0.25) is 13.9 Å². The summed E-state index contributed by atoms with van der Waals surface area (Å²) in [5.74, 6) is -1.15. The first-order valence-corrected chi connectivity index (χ1v) is 16.2. The molecule has 7 nitrogen and oxygen atoms in total. The molecule has 3 aromatic carbocycles. The van der Waals surface area contributed by atoms with Crippen LogP contribution in [0.15, 0.2) is 77.7 Å². The predicted molar refractivity (Wildman–Crippen MR) is 164 cm³/mol. The van der Waals surface area contributed by atoms with Crippen molar-refractivity contribution in [2.24, 2.45) is 0 Å². The van der Waals surface area contributed by atoms with Crippen molar-refractivity contribution >= 4 is 39.1 Å². The van der Waals surface area contributed by atoms with E-state index < -0.39 is 51.0 Å². The Morgan fingerprint density at radius 1 is 0.977 bits per heavy atom. The largest absolute Gasteiger partial charge is 0.417 e. The second-order valence-electron chi connectivity index (χ2n) is 11.0. The molecule has 1 aliphatic rings. The van der Waals surface area contributed by atoms with Gasteiger partial charge in [-0.1, -0.05) is 78.9 Å². The van der Waals surface area contributed by atoms with Crippen molar-refractivity contribution in [3.63, 3.8) is 0 Å². The molecule has 236 valence electrons. The molecule has 2 amide bonds. The van der Waals surface area contributed by atoms with Crippen molar-refractivity contribution < 1.29 is 31.2 Å². The monoisotopic (exact) mass is 649 g/mol. The van der Waals surface area contributed by atoms with Crippen molar-refractivity contribution in [2.45, 2.75) is 75.7 Å². The summed E-state index contributed by atoms with van der Waals surface area (Å²) in [4.78, 5) is 28.5. The van der Waals surface area contributed by atoms with Gasteiger partial charge in [0, 0.05) is 12.6 Å². The fraction of sp³-hybridized carbons (Fsp3) is 0.375. The molecule has 0 aliphatic heterocycles. The molecular formula is C32H35ClF3N3O4S. The maximum atomic E-state index is 14.0. The second kappa shape index (κ2) is 14.0. The number of hydrogen-bond acceptors (Lipinski definition) is 4. The van der Waals surface area contributed by atoms with Crippen LogP contribution >= 0.6 is 11.6 Å². The van der Waals surface area contributed by atoms with Gasteiger partial charge in [0.25, 0.3) is 10.0 Å². The number of alkyl halides is 3. The van der Waals surface area contributed by atoms with E-state index in [0.29, 0.717) is 15.9 Å². The van der Waals surface area contributed by atoms with Crippen molar-refractivity contribution in [1.82, 2.24) is 10.2 Å². The number of carbonyl (C=O) groups is 2. The van der Waals surface area contributed by atoms with Crippen LogP contribution in [-0.2, 0) is 32.3 Å². The van der Waals surface area contributed by atoms with Crippen LogP contribution in [0.4, 0.5) is 18.9 Å². The lowest BCUT2D eigenvalue weighted by Crippen LogP contribution is -2.53. The fourth-order valence-electron chi connectivity index (χ4n) is 5.18. The third-order valence-electron chi connectivity index (χ3n) is 7.75. The minimum absolute atomic E-state index is 0.0221. The van der Waals surface area contributed by atoms with Gasteiger partial charge in [0.2, 0.25) is 11.8 Å². The smallest absolute Gasteiger partial charge is 0.352 e. The molecule has 0 unspecified atom stereocenters. The second-order valence-corrected chi connectivity index (χ2v) is 13.3. The highest BCUT2D eigenvalue weighted by Gasteiger charge is 2.37. The van der Waals surface area contributed by atoms with E-state index >= 15 is 0 Å². The van der Waals surface area contributed by atoms with Gasteiger partial charge >= 0.3 is 6.18 Å². The van der Waals surface area contributed by atoms with Gasteiger partial charge in [0.1, 0.15) is 12.6 Å². The number of hydrogen-bond donors (Lipinski definition) is 1. The molecule has 1 saturated carbocycles. The molecule has 0 saturated heterocycles. The van der Waals surface area contributed by atoms with Crippen LogP contribution in [0.5, 0.6) is 0 Å². The van der Waals surface area contributed by atoms with Crippen LogP contribution in [0, 0.1) is 6.92 Å². The Bertz CT molecular complexity index is 1560. The lowest BCUT2D eigenvalue weighted by molar-refractivity contribution is -0.139. The Morgan fingerprint density at radius 3 is 2.23 bits per heavy atom. The highest BCUT2D eigenvalue weighted by Crippen LogP contribution is 2.38. The fourth-order valence-corrected chi connectivity index (χ4v) is 6.81. The number of rotatable bonds is 10. The lowest BCUT2D eigenvalue weighted by Gasteiger charge is -2.33. The van der Waals surface area contributed by atoms with E-state index in [0.717, 1.165) is 49.8 Å². The summed E-state index contributed by atoms with van der Waals surface area (Å²) in [6.07, 6.45) is -0.163. The number of sulfonamides is 1. The third-order valence-corrected chi connectivity index (χ3v) is 9.86. The van der Waals surface area contributed by atoms with E-state index in [-0.39, 0.29) is 23.4 Å². The molecule has 12 heteroatoms. The highest BCUT2D eigenvalue weighted by atomic mass is 35.5. The molecular weight excluding hydrogens is 615 g/mol. The van der Waals surface area contributed by atoms with Crippen LogP contribution in [0.25, 0.3) is 0 Å². The van der Waals surface area contributed by atoms with Crippen LogP contribution in [-0.4, -0.2) is 43.8 Å². The third kappa shape index (κ3) is 8.12. The average Bonchev–Trinajstić information content (AvgIpc) is 2.99. The molecule has 0 spiro atoms. The number of nitrogens with zero attached hydrogens (tertiary/aromatic N) is 2. The molecule has 4 rings (SSSR count). The van der Waals surface area contributed by atoms with Gasteiger partial charge in [0.05, 0.1) is 21.2 Å². The summed E-state index contributed by atoms with van der Waals surface area (Å²) < 4.78 is 69.9. The first kappa shape index (κ1) is 33.3. The number of benzene rings is 3. The van der Waals surface area contributed by atoms with Crippen LogP contribution < -0.4 is 9.62 Å². The van der Waals surface area contributed by atoms with Crippen molar-refractivity contribution in [3.05, 3.63) is 94.5 Å². The van der Waals surface area contributed by atoms with Gasteiger partial charge in [0.15, 0.2) is 0 Å². The minimum Gasteiger partial charge on any atom is -0.352 e. The Balaban J connectivity index is 1.73. The van der Waals surface area contributed by atoms with E-state index in [1.54, 1.807) is 56.3 Å². The molecule has 3 aromatic rings. The minimum atomic E-state index is -4.87. The van der Waals surface area contributed by atoms with Crippen LogP contribution in [0.1, 0.15) is 55.7 Å². The summed E-state index contributed by atoms with van der Waals surface area (Å²) in [5, 5.41) is 2.40. The Hall–Kier alpha value is -3.57. The Kier molecular flexibility index (Phi) is 10.6. The molecule has 1 atom stereocenters. The summed E-state index contributed by atoms with van der Waals surface area (Å²) >= 11 is 5.83. The molecule has 0 aromatic heterocycles. The van der Waals surface area contributed by atoms with Gasteiger partial charge in [-0.05, 0) is 62.6 Å². The summed E-state index contributed by atoms with van der Waals surface area (Å²) in [5.41, 5.74) is -0.176.